The molecular weight excluding hydrogens is 658 g/mol. The van der Waals surface area contributed by atoms with E-state index in [-0.39, 0.29) is 99.4 Å². The van der Waals surface area contributed by atoms with Gasteiger partial charge in [0.2, 0.25) is 5.95 Å². The van der Waals surface area contributed by atoms with Crippen LogP contribution in [-0.2, 0) is 14.9 Å². The SMILES string of the molecule is Nc1c(S(=O)(=O)[O-])cc(Nc2ccc(N(CCC(=O)[O-])c3nc(F)nc(F)c3Cl)cc2)c2c1C(=O)c1ccccc1C2=O.[Na+].[Na+]. The van der Waals surface area contributed by atoms with Crippen LogP contribution in [0, 0.1) is 12.0 Å². The Morgan fingerprint density at radius 1 is 0.978 bits per heavy atom. The van der Waals surface area contributed by atoms with Crippen molar-refractivity contribution in [2.75, 3.05) is 22.5 Å². The van der Waals surface area contributed by atoms with Crippen molar-refractivity contribution in [1.29, 1.82) is 0 Å². The van der Waals surface area contributed by atoms with Crippen LogP contribution >= 0.6 is 11.6 Å². The number of ketones is 2. The van der Waals surface area contributed by atoms with Crippen LogP contribution in [0.5, 0.6) is 0 Å². The molecule has 0 unspecified atom stereocenters. The fourth-order valence-corrected chi connectivity index (χ4v) is 5.42. The fraction of sp³-hybridized carbons (Fsp3) is 0.0741. The number of halogens is 3. The van der Waals surface area contributed by atoms with Crippen molar-refractivity contribution in [2.24, 2.45) is 0 Å². The van der Waals surface area contributed by atoms with Gasteiger partial charge in [-0.3, -0.25) is 9.59 Å². The Balaban J connectivity index is 0.00000276. The number of benzene rings is 3. The molecule has 5 rings (SSSR count). The number of hydrogen-bond donors (Lipinski definition) is 2. The summed E-state index contributed by atoms with van der Waals surface area (Å²) in [4.78, 5) is 44.5. The molecule has 0 saturated heterocycles. The maximum atomic E-state index is 14.0. The van der Waals surface area contributed by atoms with E-state index >= 15 is 0 Å². The number of carbonyl (C=O) groups is 3. The number of nitrogens with one attached hydrogen (secondary N) is 1. The second kappa shape index (κ2) is 14.2. The van der Waals surface area contributed by atoms with Crippen molar-refractivity contribution in [3.8, 4) is 0 Å². The minimum absolute atomic E-state index is 0. The molecule has 0 amide bonds. The Morgan fingerprint density at radius 3 is 2.11 bits per heavy atom. The normalized spacial score (nSPS) is 11.9. The summed E-state index contributed by atoms with van der Waals surface area (Å²) < 4.78 is 63.9. The van der Waals surface area contributed by atoms with Gasteiger partial charge < -0.3 is 30.4 Å². The number of carbonyl (C=O) groups excluding carboxylic acids is 3. The zero-order valence-corrected chi connectivity index (χ0v) is 29.0. The van der Waals surface area contributed by atoms with Gasteiger partial charge in [-0.25, -0.2) is 8.42 Å². The first-order valence-corrected chi connectivity index (χ1v) is 13.9. The van der Waals surface area contributed by atoms with Crippen LogP contribution in [0.15, 0.2) is 59.5 Å². The predicted octanol–water partition coefficient (Wildman–Crippen LogP) is -3.30. The predicted molar refractivity (Wildman–Crippen MR) is 145 cm³/mol. The Labute approximate surface area is 303 Å². The number of anilines is 5. The Bertz CT molecular complexity index is 1970. The van der Waals surface area contributed by atoms with Gasteiger partial charge in [-0.15, -0.1) is 0 Å². The standard InChI is InChI=1S/C27H18ClF2N5O7S.2Na/c28-21-25(29)33-27(30)34-26(21)35(10-9-18(36)37)13-7-5-12(6-8-13)32-16-11-17(43(40,41)42)22(31)20-19(16)23(38)14-3-1-2-4-15(14)24(20)39;;/h1-8,11,32H,9-10,31H2,(H,36,37)(H,40,41,42);;/q;2*+1/p-2. The summed E-state index contributed by atoms with van der Waals surface area (Å²) in [5.41, 5.74) is 4.74. The molecule has 1 aliphatic carbocycles. The largest absolute Gasteiger partial charge is 1.00 e. The minimum Gasteiger partial charge on any atom is -0.744 e. The minimum atomic E-state index is -5.20. The molecule has 0 saturated carbocycles. The van der Waals surface area contributed by atoms with Crippen LogP contribution in [0.2, 0.25) is 5.02 Å². The molecule has 0 spiro atoms. The van der Waals surface area contributed by atoms with Crippen molar-refractivity contribution >= 4 is 67.8 Å². The zero-order valence-electron chi connectivity index (χ0n) is 23.4. The van der Waals surface area contributed by atoms with E-state index in [4.69, 9.17) is 17.3 Å². The molecule has 12 nitrogen and oxygen atoms in total. The van der Waals surface area contributed by atoms with E-state index in [9.17, 15) is 41.2 Å². The number of nitrogens with two attached hydrogens (primary N) is 1. The topological polar surface area (TPSA) is 199 Å². The van der Waals surface area contributed by atoms with Crippen molar-refractivity contribution in [2.45, 2.75) is 11.3 Å². The quantitative estimate of drug-likeness (QED) is 0.0548. The molecule has 4 aromatic rings. The number of nitrogens with zero attached hydrogens (tertiary/aromatic N) is 3. The van der Waals surface area contributed by atoms with E-state index in [0.29, 0.717) is 0 Å². The molecule has 45 heavy (non-hydrogen) atoms. The van der Waals surface area contributed by atoms with Crippen molar-refractivity contribution < 1.29 is 100 Å². The third kappa shape index (κ3) is 7.21. The third-order valence-electron chi connectivity index (χ3n) is 6.49. The molecule has 0 aliphatic heterocycles. The second-order valence-corrected chi connectivity index (χ2v) is 10.8. The molecule has 0 radical (unpaired) electrons. The van der Waals surface area contributed by atoms with E-state index in [1.54, 1.807) is 0 Å². The summed E-state index contributed by atoms with van der Waals surface area (Å²) in [7, 11) is -5.20. The molecule has 1 heterocycles. The average molecular weight is 674 g/mol. The van der Waals surface area contributed by atoms with Gasteiger partial charge >= 0.3 is 65.2 Å². The van der Waals surface area contributed by atoms with E-state index in [1.807, 2.05) is 0 Å². The molecule has 3 aromatic carbocycles. The van der Waals surface area contributed by atoms with Gasteiger partial charge in [0.15, 0.2) is 17.4 Å². The summed E-state index contributed by atoms with van der Waals surface area (Å²) in [5, 5.41) is 13.3. The summed E-state index contributed by atoms with van der Waals surface area (Å²) in [6.45, 7) is -0.364. The number of carboxylic acids is 1. The maximum Gasteiger partial charge on any atom is 1.00 e. The molecule has 0 bridgehead atoms. The molecule has 1 aliphatic rings. The number of carboxylic acid groups (broad SMARTS) is 1. The van der Waals surface area contributed by atoms with E-state index in [2.05, 4.69) is 15.3 Å². The summed E-state index contributed by atoms with van der Waals surface area (Å²) in [5.74, 6) is -4.71. The van der Waals surface area contributed by atoms with E-state index in [1.165, 1.54) is 48.5 Å². The summed E-state index contributed by atoms with van der Waals surface area (Å²) >= 11 is 5.93. The monoisotopic (exact) mass is 673 g/mol. The third-order valence-corrected chi connectivity index (χ3v) is 7.69. The number of nitrogen functional groups attached to an aromatic ring is 1. The smallest absolute Gasteiger partial charge is 0.744 e. The number of rotatable bonds is 8. The Hall–Kier alpha value is -2.99. The van der Waals surface area contributed by atoms with Gasteiger partial charge in [-0.05, 0) is 30.3 Å². The Morgan fingerprint density at radius 2 is 1.56 bits per heavy atom. The van der Waals surface area contributed by atoms with Crippen LogP contribution in [0.4, 0.5) is 37.3 Å². The number of fused-ring (bicyclic) bond motifs is 2. The van der Waals surface area contributed by atoms with Crippen LogP contribution in [0.25, 0.3) is 0 Å². The van der Waals surface area contributed by atoms with Crippen molar-refractivity contribution in [1.82, 2.24) is 9.97 Å². The molecule has 3 N–H and O–H groups in total. The molecular formula is C27H16ClF2N5Na2O7S. The first-order chi connectivity index (χ1) is 20.3. The first-order valence-electron chi connectivity index (χ1n) is 12.1. The van der Waals surface area contributed by atoms with Crippen molar-refractivity contribution in [3.63, 3.8) is 0 Å². The van der Waals surface area contributed by atoms with Crippen LogP contribution in [0.1, 0.15) is 38.3 Å². The molecule has 18 heteroatoms. The van der Waals surface area contributed by atoms with Gasteiger partial charge in [0.25, 0.3) is 0 Å². The number of aliphatic carboxylic acids is 1. The van der Waals surface area contributed by atoms with Crippen LogP contribution in [0.3, 0.4) is 0 Å². The molecule has 220 valence electrons. The average Bonchev–Trinajstić information content (AvgIpc) is 2.95. The van der Waals surface area contributed by atoms with Gasteiger partial charge in [0, 0.05) is 41.4 Å². The Kier molecular flexibility index (Phi) is 11.5. The van der Waals surface area contributed by atoms with E-state index in [0.717, 1.165) is 11.0 Å². The number of aromatic nitrogens is 2. The summed E-state index contributed by atoms with van der Waals surface area (Å²) in [6.07, 6.45) is -2.03. The fourth-order valence-electron chi connectivity index (χ4n) is 4.60. The van der Waals surface area contributed by atoms with Gasteiger partial charge in [-0.2, -0.15) is 18.7 Å². The molecule has 1 aromatic heterocycles. The van der Waals surface area contributed by atoms with Gasteiger partial charge in [0.1, 0.15) is 15.1 Å². The van der Waals surface area contributed by atoms with E-state index < -0.39 is 73.1 Å². The molecule has 0 atom stereocenters. The van der Waals surface area contributed by atoms with Crippen molar-refractivity contribution in [3.05, 3.63) is 93.9 Å². The van der Waals surface area contributed by atoms with Crippen LogP contribution < -0.4 is 80.2 Å². The first kappa shape index (κ1) is 36.5. The van der Waals surface area contributed by atoms with Crippen LogP contribution in [-0.4, -0.2) is 47.0 Å². The summed E-state index contributed by atoms with van der Waals surface area (Å²) in [6, 6.07) is 12.2. The number of hydrogen-bond acceptors (Lipinski definition) is 12. The zero-order chi connectivity index (χ0) is 31.2. The maximum absolute atomic E-state index is 14.0. The molecule has 0 fully saturated rings. The van der Waals surface area contributed by atoms with Gasteiger partial charge in [-0.1, -0.05) is 35.9 Å². The van der Waals surface area contributed by atoms with Gasteiger partial charge in [0.05, 0.1) is 27.4 Å². The second-order valence-electron chi connectivity index (χ2n) is 9.11.